The Morgan fingerprint density at radius 1 is 0.305 bits per heavy atom. The molecule has 0 atom stereocenters. The van der Waals surface area contributed by atoms with Gasteiger partial charge in [0.25, 0.3) is 0 Å². The van der Waals surface area contributed by atoms with Crippen LogP contribution in [0.5, 0.6) is 0 Å². The Balaban J connectivity index is 1.15. The molecule has 2 aliphatic carbocycles. The second-order valence-corrected chi connectivity index (χ2v) is 16.5. The molecule has 0 aliphatic heterocycles. The van der Waals surface area contributed by atoms with Crippen molar-refractivity contribution in [2.24, 2.45) is 0 Å². The number of hydrogen-bond acceptors (Lipinski definition) is 1. The maximum absolute atomic E-state index is 2.49. The molecule has 0 aromatic heterocycles. The van der Waals surface area contributed by atoms with Crippen molar-refractivity contribution in [3.8, 4) is 44.5 Å². The summed E-state index contributed by atoms with van der Waals surface area (Å²) in [5.74, 6) is 0. The number of fused-ring (bicyclic) bond motifs is 6. The van der Waals surface area contributed by atoms with Crippen LogP contribution in [-0.4, -0.2) is 0 Å². The molecule has 0 bridgehead atoms. The highest BCUT2D eigenvalue weighted by Crippen LogP contribution is 2.57. The van der Waals surface area contributed by atoms with Crippen molar-refractivity contribution < 1.29 is 0 Å². The van der Waals surface area contributed by atoms with Gasteiger partial charge < -0.3 is 4.90 Å². The van der Waals surface area contributed by atoms with E-state index in [-0.39, 0.29) is 5.41 Å². The van der Waals surface area contributed by atoms with E-state index in [9.17, 15) is 0 Å². The molecule has 9 aromatic rings. The van der Waals surface area contributed by atoms with E-state index < -0.39 is 5.41 Å². The van der Waals surface area contributed by atoms with Crippen LogP contribution in [0.2, 0.25) is 0 Å². The molecule has 59 heavy (non-hydrogen) atoms. The van der Waals surface area contributed by atoms with Gasteiger partial charge in [0, 0.05) is 22.4 Å². The number of benzene rings is 9. The Labute approximate surface area is 347 Å². The first-order valence-corrected chi connectivity index (χ1v) is 20.7. The molecule has 9 aromatic carbocycles. The number of hydrogen-bond donors (Lipinski definition) is 0. The summed E-state index contributed by atoms with van der Waals surface area (Å²) in [7, 11) is 0. The number of anilines is 3. The van der Waals surface area contributed by atoms with E-state index in [1.165, 1.54) is 77.9 Å². The fraction of sp³-hybridized carbons (Fsp3) is 0.0690. The van der Waals surface area contributed by atoms with Crippen LogP contribution in [0.1, 0.15) is 47.2 Å². The lowest BCUT2D eigenvalue weighted by Crippen LogP contribution is -2.28. The van der Waals surface area contributed by atoms with Crippen LogP contribution in [0.3, 0.4) is 0 Å². The van der Waals surface area contributed by atoms with Crippen molar-refractivity contribution in [1.82, 2.24) is 0 Å². The zero-order valence-electron chi connectivity index (χ0n) is 33.3. The van der Waals surface area contributed by atoms with E-state index >= 15 is 0 Å². The first kappa shape index (κ1) is 35.0. The fourth-order valence-corrected chi connectivity index (χ4v) is 10.2. The molecule has 0 radical (unpaired) electrons. The Kier molecular flexibility index (Phi) is 8.13. The van der Waals surface area contributed by atoms with Crippen LogP contribution in [0.25, 0.3) is 44.5 Å². The van der Waals surface area contributed by atoms with Crippen molar-refractivity contribution >= 4 is 17.1 Å². The van der Waals surface area contributed by atoms with Gasteiger partial charge in [0.1, 0.15) is 0 Å². The quantitative estimate of drug-likeness (QED) is 0.157. The van der Waals surface area contributed by atoms with Crippen molar-refractivity contribution in [2.75, 3.05) is 4.90 Å². The van der Waals surface area contributed by atoms with Crippen molar-refractivity contribution in [1.29, 1.82) is 0 Å². The SMILES string of the molecule is CC1(C)c2ccccc2-c2ccc(N(c3ccc(C4(c5ccccc5)c5ccccc5-c5ccccc54)cc3)c3cc(-c4ccccc4)ccc3-c3ccccc3)cc21. The fourth-order valence-electron chi connectivity index (χ4n) is 10.2. The third-order valence-corrected chi connectivity index (χ3v) is 13.0. The zero-order chi connectivity index (χ0) is 39.6. The van der Waals surface area contributed by atoms with Gasteiger partial charge in [0.05, 0.1) is 11.1 Å². The summed E-state index contributed by atoms with van der Waals surface area (Å²) in [6, 6.07) is 83.0. The van der Waals surface area contributed by atoms with Crippen molar-refractivity contribution in [3.05, 3.63) is 258 Å². The van der Waals surface area contributed by atoms with E-state index in [4.69, 9.17) is 0 Å². The van der Waals surface area contributed by atoms with E-state index in [0.717, 1.165) is 17.1 Å². The predicted molar refractivity (Wildman–Crippen MR) is 247 cm³/mol. The van der Waals surface area contributed by atoms with Crippen LogP contribution in [0, 0.1) is 0 Å². The molecule has 1 heteroatoms. The van der Waals surface area contributed by atoms with Crippen LogP contribution in [0.15, 0.2) is 224 Å². The smallest absolute Gasteiger partial charge is 0.0713 e. The zero-order valence-corrected chi connectivity index (χ0v) is 33.3. The molecule has 1 nitrogen and oxygen atoms in total. The van der Waals surface area contributed by atoms with Crippen LogP contribution < -0.4 is 4.90 Å². The minimum absolute atomic E-state index is 0.142. The number of nitrogens with zero attached hydrogens (tertiary/aromatic N) is 1. The van der Waals surface area contributed by atoms with Crippen molar-refractivity contribution in [2.45, 2.75) is 24.7 Å². The van der Waals surface area contributed by atoms with Gasteiger partial charge >= 0.3 is 0 Å². The second kappa shape index (κ2) is 13.7. The topological polar surface area (TPSA) is 3.24 Å². The lowest BCUT2D eigenvalue weighted by Gasteiger charge is -2.35. The van der Waals surface area contributed by atoms with E-state index in [1.54, 1.807) is 0 Å². The van der Waals surface area contributed by atoms with Gasteiger partial charge in [-0.2, -0.15) is 0 Å². The highest BCUT2D eigenvalue weighted by molar-refractivity contribution is 5.93. The molecule has 0 N–H and O–H groups in total. The minimum Gasteiger partial charge on any atom is -0.310 e. The minimum atomic E-state index is -0.469. The third kappa shape index (κ3) is 5.39. The largest absolute Gasteiger partial charge is 0.310 e. The summed E-state index contributed by atoms with van der Waals surface area (Å²) in [5.41, 5.74) is 20.6. The van der Waals surface area contributed by atoms with Gasteiger partial charge in [-0.05, 0) is 103 Å². The monoisotopic (exact) mass is 753 g/mol. The second-order valence-electron chi connectivity index (χ2n) is 16.5. The third-order valence-electron chi connectivity index (χ3n) is 13.0. The molecule has 0 heterocycles. The van der Waals surface area contributed by atoms with E-state index in [0.29, 0.717) is 0 Å². The first-order chi connectivity index (χ1) is 29.0. The van der Waals surface area contributed by atoms with Gasteiger partial charge in [-0.15, -0.1) is 0 Å². The molecular weight excluding hydrogens is 711 g/mol. The molecular formula is C58H43N. The van der Waals surface area contributed by atoms with Gasteiger partial charge in [-0.1, -0.05) is 208 Å². The Hall–Kier alpha value is -7.22. The summed E-state index contributed by atoms with van der Waals surface area (Å²) in [4.78, 5) is 2.49. The lowest BCUT2D eigenvalue weighted by molar-refractivity contribution is 0.660. The average molecular weight is 754 g/mol. The summed E-state index contributed by atoms with van der Waals surface area (Å²) in [6.07, 6.45) is 0. The van der Waals surface area contributed by atoms with E-state index in [2.05, 4.69) is 243 Å². The maximum Gasteiger partial charge on any atom is 0.0713 e. The van der Waals surface area contributed by atoms with Gasteiger partial charge in [0.2, 0.25) is 0 Å². The maximum atomic E-state index is 2.49. The van der Waals surface area contributed by atoms with Gasteiger partial charge in [-0.3, -0.25) is 0 Å². The summed E-state index contributed by atoms with van der Waals surface area (Å²) in [5, 5.41) is 0. The summed E-state index contributed by atoms with van der Waals surface area (Å²) >= 11 is 0. The van der Waals surface area contributed by atoms with Crippen LogP contribution in [-0.2, 0) is 10.8 Å². The molecule has 0 fully saturated rings. The van der Waals surface area contributed by atoms with E-state index in [1.807, 2.05) is 0 Å². The first-order valence-electron chi connectivity index (χ1n) is 20.7. The van der Waals surface area contributed by atoms with Gasteiger partial charge in [0.15, 0.2) is 0 Å². The number of rotatable bonds is 7. The highest BCUT2D eigenvalue weighted by Gasteiger charge is 2.46. The average Bonchev–Trinajstić information content (AvgIpc) is 3.73. The molecule has 0 saturated heterocycles. The Morgan fingerprint density at radius 2 is 0.763 bits per heavy atom. The summed E-state index contributed by atoms with van der Waals surface area (Å²) in [6.45, 7) is 4.73. The Bertz CT molecular complexity index is 2950. The molecule has 0 saturated carbocycles. The van der Waals surface area contributed by atoms with Crippen LogP contribution >= 0.6 is 0 Å². The normalized spacial score (nSPS) is 13.9. The van der Waals surface area contributed by atoms with Crippen LogP contribution in [0.4, 0.5) is 17.1 Å². The lowest BCUT2D eigenvalue weighted by atomic mass is 9.68. The Morgan fingerprint density at radius 3 is 1.39 bits per heavy atom. The molecule has 0 spiro atoms. The molecule has 280 valence electrons. The van der Waals surface area contributed by atoms with Crippen molar-refractivity contribution in [3.63, 3.8) is 0 Å². The standard InChI is InChI=1S/C58H43N/c1-57(2)52-27-15-12-24-48(52)51-37-35-46(39-55(51)57)59(56-38-42(40-18-6-3-7-19-40)30-36-47(56)41-20-8-4-9-21-41)45-33-31-44(32-34-45)58(43-22-10-5-11-23-43)53-28-16-13-25-49(53)50-26-14-17-29-54(50)58/h3-39H,1-2H3. The summed E-state index contributed by atoms with van der Waals surface area (Å²) < 4.78 is 0. The van der Waals surface area contributed by atoms with Gasteiger partial charge in [-0.25, -0.2) is 0 Å². The predicted octanol–water partition coefficient (Wildman–Crippen LogP) is 15.2. The highest BCUT2D eigenvalue weighted by atomic mass is 15.1. The molecule has 0 unspecified atom stereocenters. The molecule has 11 rings (SSSR count). The molecule has 0 amide bonds. The molecule has 2 aliphatic rings.